The molecule has 2 N–H and O–H groups in total. The monoisotopic (exact) mass is 293 g/mol. The van der Waals surface area contributed by atoms with Crippen LogP contribution < -0.4 is 5.73 Å². The summed E-state index contributed by atoms with van der Waals surface area (Å²) in [7, 11) is -3.17. The van der Waals surface area contributed by atoms with Gasteiger partial charge in [0.1, 0.15) is 5.25 Å². The van der Waals surface area contributed by atoms with Gasteiger partial charge in [-0.25, -0.2) is 8.42 Å². The lowest BCUT2D eigenvalue weighted by atomic mass is 10.2. The fourth-order valence-electron chi connectivity index (χ4n) is 2.35. The molecule has 0 bridgehead atoms. The molecule has 106 valence electrons. The predicted octanol–water partition coefficient (Wildman–Crippen LogP) is 1.96. The van der Waals surface area contributed by atoms with Gasteiger partial charge in [-0.1, -0.05) is 11.6 Å². The van der Waals surface area contributed by atoms with Crippen LogP contribution in [0, 0.1) is 0 Å². The Kier molecular flexibility index (Phi) is 3.21. The summed E-state index contributed by atoms with van der Waals surface area (Å²) in [6.07, 6.45) is 2.12. The molecule has 2 aromatic rings. The van der Waals surface area contributed by atoms with Crippen LogP contribution in [0.2, 0.25) is 0 Å². The summed E-state index contributed by atoms with van der Waals surface area (Å²) in [6, 6.07) is 7.03. The third-order valence-corrected chi connectivity index (χ3v) is 5.63. The summed E-state index contributed by atoms with van der Waals surface area (Å²) in [5.41, 5.74) is 7.02. The van der Waals surface area contributed by atoms with Crippen molar-refractivity contribution in [3.8, 4) is 11.4 Å². The van der Waals surface area contributed by atoms with E-state index in [0.29, 0.717) is 24.4 Å². The molecule has 1 fully saturated rings. The van der Waals surface area contributed by atoms with Crippen LogP contribution in [-0.4, -0.2) is 24.3 Å². The van der Waals surface area contributed by atoms with E-state index in [1.807, 2.05) is 0 Å². The second-order valence-corrected chi connectivity index (χ2v) is 7.23. The van der Waals surface area contributed by atoms with Gasteiger partial charge < -0.3 is 10.3 Å². The SMILES string of the molecule is Nc1ccc(-c2noc(C3CCCCS3(=O)=O)n2)cc1. The van der Waals surface area contributed by atoms with Crippen molar-refractivity contribution in [2.45, 2.75) is 24.5 Å². The van der Waals surface area contributed by atoms with E-state index < -0.39 is 15.1 Å². The molecule has 1 saturated heterocycles. The molecule has 1 aromatic heterocycles. The maximum atomic E-state index is 12.0. The highest BCUT2D eigenvalue weighted by Crippen LogP contribution is 2.33. The Balaban J connectivity index is 1.92. The van der Waals surface area contributed by atoms with E-state index >= 15 is 0 Å². The third-order valence-electron chi connectivity index (χ3n) is 3.46. The van der Waals surface area contributed by atoms with Crippen LogP contribution in [-0.2, 0) is 9.84 Å². The Hall–Kier alpha value is -1.89. The standard InChI is InChI=1S/C13H15N3O3S/c14-10-6-4-9(5-7-10)12-15-13(19-16-12)11-3-1-2-8-20(11,17)18/h4-7,11H,1-3,8,14H2. The second-order valence-electron chi connectivity index (χ2n) is 4.93. The van der Waals surface area contributed by atoms with E-state index in [4.69, 9.17) is 10.3 Å². The summed E-state index contributed by atoms with van der Waals surface area (Å²) < 4.78 is 29.2. The Morgan fingerprint density at radius 2 is 1.95 bits per heavy atom. The van der Waals surface area contributed by atoms with Crippen LogP contribution in [0.4, 0.5) is 5.69 Å². The van der Waals surface area contributed by atoms with Crippen molar-refractivity contribution in [2.75, 3.05) is 11.5 Å². The van der Waals surface area contributed by atoms with Gasteiger partial charge in [0, 0.05) is 11.3 Å². The minimum Gasteiger partial charge on any atom is -0.399 e. The molecule has 2 heterocycles. The molecule has 3 rings (SSSR count). The number of aromatic nitrogens is 2. The summed E-state index contributed by atoms with van der Waals surface area (Å²) in [5, 5.41) is 3.20. The lowest BCUT2D eigenvalue weighted by Crippen LogP contribution is -2.21. The topological polar surface area (TPSA) is 99.1 Å². The van der Waals surface area contributed by atoms with Gasteiger partial charge in [-0.15, -0.1) is 0 Å². The number of nitrogens with two attached hydrogens (primary N) is 1. The molecule has 0 spiro atoms. The molecule has 6 nitrogen and oxygen atoms in total. The average Bonchev–Trinajstić information content (AvgIpc) is 2.88. The summed E-state index contributed by atoms with van der Waals surface area (Å²) in [6.45, 7) is 0. The van der Waals surface area contributed by atoms with Crippen LogP contribution in [0.15, 0.2) is 28.8 Å². The fraction of sp³-hybridized carbons (Fsp3) is 0.385. The van der Waals surface area contributed by atoms with Crippen molar-refractivity contribution in [3.05, 3.63) is 30.2 Å². The van der Waals surface area contributed by atoms with Crippen LogP contribution in [0.25, 0.3) is 11.4 Å². The number of nitrogen functional groups attached to an aromatic ring is 1. The number of rotatable bonds is 2. The summed E-state index contributed by atoms with van der Waals surface area (Å²) >= 11 is 0. The summed E-state index contributed by atoms with van der Waals surface area (Å²) in [4.78, 5) is 4.23. The molecule has 1 aliphatic heterocycles. The number of sulfone groups is 1. The van der Waals surface area contributed by atoms with E-state index in [2.05, 4.69) is 10.1 Å². The molecule has 0 saturated carbocycles. The van der Waals surface area contributed by atoms with Crippen LogP contribution >= 0.6 is 0 Å². The van der Waals surface area contributed by atoms with Crippen LogP contribution in [0.5, 0.6) is 0 Å². The molecule has 0 radical (unpaired) electrons. The molecule has 0 amide bonds. The van der Waals surface area contributed by atoms with Gasteiger partial charge in [0.05, 0.1) is 5.75 Å². The minimum absolute atomic E-state index is 0.191. The van der Waals surface area contributed by atoms with Gasteiger partial charge >= 0.3 is 0 Å². The van der Waals surface area contributed by atoms with Gasteiger partial charge in [0.25, 0.3) is 0 Å². The number of hydrogen-bond donors (Lipinski definition) is 1. The molecule has 1 unspecified atom stereocenters. The zero-order chi connectivity index (χ0) is 14.2. The largest absolute Gasteiger partial charge is 0.399 e. The smallest absolute Gasteiger partial charge is 0.245 e. The van der Waals surface area contributed by atoms with E-state index in [-0.39, 0.29) is 11.6 Å². The molecule has 7 heteroatoms. The van der Waals surface area contributed by atoms with Crippen molar-refractivity contribution in [3.63, 3.8) is 0 Å². The van der Waals surface area contributed by atoms with Gasteiger partial charge in [-0.2, -0.15) is 4.98 Å². The highest BCUT2D eigenvalue weighted by molar-refractivity contribution is 7.91. The lowest BCUT2D eigenvalue weighted by molar-refractivity contribution is 0.364. The van der Waals surface area contributed by atoms with Crippen LogP contribution in [0.1, 0.15) is 30.4 Å². The minimum atomic E-state index is -3.17. The van der Waals surface area contributed by atoms with Crippen molar-refractivity contribution >= 4 is 15.5 Å². The zero-order valence-electron chi connectivity index (χ0n) is 10.8. The maximum absolute atomic E-state index is 12.0. The first-order valence-corrected chi connectivity index (χ1v) is 8.19. The van der Waals surface area contributed by atoms with Gasteiger partial charge in [0.15, 0.2) is 9.84 Å². The molecular formula is C13H15N3O3S. The Labute approximate surface area is 116 Å². The summed E-state index contributed by atoms with van der Waals surface area (Å²) in [5.74, 6) is 0.773. The van der Waals surface area contributed by atoms with Gasteiger partial charge in [0.2, 0.25) is 11.7 Å². The predicted molar refractivity (Wildman–Crippen MR) is 74.5 cm³/mol. The van der Waals surface area contributed by atoms with Gasteiger partial charge in [-0.05, 0) is 37.1 Å². The first kappa shape index (κ1) is 13.1. The Bertz CT molecular complexity index is 707. The first-order valence-electron chi connectivity index (χ1n) is 6.47. The lowest BCUT2D eigenvalue weighted by Gasteiger charge is -2.18. The maximum Gasteiger partial charge on any atom is 0.245 e. The molecule has 20 heavy (non-hydrogen) atoms. The van der Waals surface area contributed by atoms with E-state index in [9.17, 15) is 8.42 Å². The Morgan fingerprint density at radius 1 is 1.20 bits per heavy atom. The van der Waals surface area contributed by atoms with Crippen LogP contribution in [0.3, 0.4) is 0 Å². The van der Waals surface area contributed by atoms with Gasteiger partial charge in [-0.3, -0.25) is 0 Å². The molecule has 1 atom stereocenters. The first-order chi connectivity index (χ1) is 9.56. The average molecular weight is 293 g/mol. The fourth-order valence-corrected chi connectivity index (χ4v) is 4.17. The number of nitrogens with zero attached hydrogens (tertiary/aromatic N) is 2. The second kappa shape index (κ2) is 4.90. The molecule has 1 aromatic carbocycles. The van der Waals surface area contributed by atoms with Crippen molar-refractivity contribution < 1.29 is 12.9 Å². The highest BCUT2D eigenvalue weighted by atomic mass is 32.2. The zero-order valence-corrected chi connectivity index (χ0v) is 11.6. The highest BCUT2D eigenvalue weighted by Gasteiger charge is 2.34. The number of benzene rings is 1. The number of anilines is 1. The third kappa shape index (κ3) is 2.40. The molecule has 1 aliphatic rings. The number of hydrogen-bond acceptors (Lipinski definition) is 6. The van der Waals surface area contributed by atoms with Crippen molar-refractivity contribution in [1.82, 2.24) is 10.1 Å². The molecular weight excluding hydrogens is 278 g/mol. The van der Waals surface area contributed by atoms with E-state index in [1.165, 1.54) is 0 Å². The van der Waals surface area contributed by atoms with E-state index in [0.717, 1.165) is 12.0 Å². The van der Waals surface area contributed by atoms with E-state index in [1.54, 1.807) is 24.3 Å². The molecule has 0 aliphatic carbocycles. The normalized spacial score (nSPS) is 21.7. The Morgan fingerprint density at radius 3 is 2.65 bits per heavy atom. The van der Waals surface area contributed by atoms with Crippen molar-refractivity contribution in [1.29, 1.82) is 0 Å². The quantitative estimate of drug-likeness (QED) is 0.850. The van der Waals surface area contributed by atoms with Crippen molar-refractivity contribution in [2.24, 2.45) is 0 Å².